The van der Waals surface area contributed by atoms with Gasteiger partial charge in [0.1, 0.15) is 0 Å². The Morgan fingerprint density at radius 3 is 2.75 bits per heavy atom. The van der Waals surface area contributed by atoms with Crippen molar-refractivity contribution in [3.8, 4) is 0 Å². The lowest BCUT2D eigenvalue weighted by atomic mass is 9.87. The summed E-state index contributed by atoms with van der Waals surface area (Å²) in [7, 11) is 0. The molecule has 0 aliphatic heterocycles. The first-order valence-electron chi connectivity index (χ1n) is 6.26. The van der Waals surface area contributed by atoms with Crippen LogP contribution in [0.25, 0.3) is 0 Å². The van der Waals surface area contributed by atoms with Crippen molar-refractivity contribution >= 4 is 15.9 Å². The summed E-state index contributed by atoms with van der Waals surface area (Å²) in [6.07, 6.45) is 8.33. The molecule has 4 heteroatoms. The highest BCUT2D eigenvalue weighted by atomic mass is 79.9. The molecule has 0 N–H and O–H groups in total. The molecule has 1 aromatic heterocycles. The molecule has 1 atom stereocenters. The molecule has 1 fully saturated rings. The lowest BCUT2D eigenvalue weighted by molar-refractivity contribution is 0.270. The van der Waals surface area contributed by atoms with Crippen molar-refractivity contribution in [3.05, 3.63) is 11.9 Å². The first-order valence-corrected chi connectivity index (χ1v) is 7.18. The number of hydrogen-bond donors (Lipinski definition) is 0. The van der Waals surface area contributed by atoms with Crippen LogP contribution in [0.2, 0.25) is 0 Å². The lowest BCUT2D eigenvalue weighted by Crippen LogP contribution is -2.17. The molecule has 0 bridgehead atoms. The van der Waals surface area contributed by atoms with E-state index in [0.29, 0.717) is 10.9 Å². The molecule has 2 rings (SSSR count). The van der Waals surface area contributed by atoms with Gasteiger partial charge in [-0.05, 0) is 38.0 Å². The Morgan fingerprint density at radius 2 is 2.12 bits per heavy atom. The van der Waals surface area contributed by atoms with Crippen LogP contribution in [0.4, 0.5) is 0 Å². The Morgan fingerprint density at radius 1 is 1.44 bits per heavy atom. The zero-order chi connectivity index (χ0) is 11.5. The van der Waals surface area contributed by atoms with E-state index in [-0.39, 0.29) is 0 Å². The standard InChI is InChI=1S/C12H20BrN3/c1-3-11(13)12-8-16(15-14-12)10-6-4-9(2)5-7-10/h8-11H,3-7H2,1-2H3. The lowest BCUT2D eigenvalue weighted by Gasteiger charge is -2.25. The fraction of sp³-hybridized carbons (Fsp3) is 0.833. The van der Waals surface area contributed by atoms with Gasteiger partial charge in [-0.25, -0.2) is 4.68 Å². The molecule has 1 unspecified atom stereocenters. The normalized spacial score (nSPS) is 27.9. The summed E-state index contributed by atoms with van der Waals surface area (Å²) in [5.41, 5.74) is 1.07. The van der Waals surface area contributed by atoms with Gasteiger partial charge >= 0.3 is 0 Å². The van der Waals surface area contributed by atoms with Crippen molar-refractivity contribution in [2.45, 2.75) is 56.8 Å². The van der Waals surface area contributed by atoms with Gasteiger partial charge in [0.2, 0.25) is 0 Å². The number of rotatable bonds is 3. The molecule has 90 valence electrons. The van der Waals surface area contributed by atoms with Crippen LogP contribution in [0.5, 0.6) is 0 Å². The Labute approximate surface area is 106 Å². The minimum Gasteiger partial charge on any atom is -0.249 e. The van der Waals surface area contributed by atoms with E-state index in [1.807, 2.05) is 0 Å². The molecule has 0 saturated heterocycles. The van der Waals surface area contributed by atoms with Gasteiger partial charge in [-0.1, -0.05) is 35.0 Å². The molecule has 1 aliphatic rings. The van der Waals surface area contributed by atoms with Gasteiger partial charge in [-0.2, -0.15) is 0 Å². The quantitative estimate of drug-likeness (QED) is 0.790. The molecule has 0 radical (unpaired) electrons. The molecular formula is C12H20BrN3. The van der Waals surface area contributed by atoms with Crippen molar-refractivity contribution in [1.29, 1.82) is 0 Å². The van der Waals surface area contributed by atoms with E-state index in [9.17, 15) is 0 Å². The van der Waals surface area contributed by atoms with Gasteiger partial charge in [0, 0.05) is 6.20 Å². The molecule has 1 heterocycles. The van der Waals surface area contributed by atoms with E-state index in [1.54, 1.807) is 0 Å². The van der Waals surface area contributed by atoms with Gasteiger partial charge < -0.3 is 0 Å². The smallest absolute Gasteiger partial charge is 0.0963 e. The van der Waals surface area contributed by atoms with Gasteiger partial charge in [0.25, 0.3) is 0 Å². The predicted octanol–water partition coefficient (Wildman–Crippen LogP) is 3.88. The van der Waals surface area contributed by atoms with Crippen molar-refractivity contribution in [1.82, 2.24) is 15.0 Å². The van der Waals surface area contributed by atoms with Crippen LogP contribution >= 0.6 is 15.9 Å². The van der Waals surface area contributed by atoms with E-state index >= 15 is 0 Å². The SMILES string of the molecule is CCC(Br)c1cn(C2CCC(C)CC2)nn1. The zero-order valence-corrected chi connectivity index (χ0v) is 11.7. The molecule has 3 nitrogen and oxygen atoms in total. The number of halogens is 1. The number of nitrogens with zero attached hydrogens (tertiary/aromatic N) is 3. The molecular weight excluding hydrogens is 266 g/mol. The van der Waals surface area contributed by atoms with Crippen LogP contribution in [0, 0.1) is 5.92 Å². The minimum absolute atomic E-state index is 0.351. The van der Waals surface area contributed by atoms with Crippen molar-refractivity contribution in [3.63, 3.8) is 0 Å². The second kappa shape index (κ2) is 5.30. The highest BCUT2D eigenvalue weighted by Crippen LogP contribution is 2.32. The maximum absolute atomic E-state index is 4.27. The largest absolute Gasteiger partial charge is 0.249 e. The van der Waals surface area contributed by atoms with Crippen LogP contribution in [-0.2, 0) is 0 Å². The van der Waals surface area contributed by atoms with E-state index in [1.165, 1.54) is 25.7 Å². The second-order valence-electron chi connectivity index (χ2n) is 4.91. The molecule has 1 aliphatic carbocycles. The molecule has 16 heavy (non-hydrogen) atoms. The van der Waals surface area contributed by atoms with Crippen LogP contribution < -0.4 is 0 Å². The van der Waals surface area contributed by atoms with Crippen molar-refractivity contribution in [2.75, 3.05) is 0 Å². The van der Waals surface area contributed by atoms with E-state index in [2.05, 4.69) is 51.0 Å². The fourth-order valence-corrected chi connectivity index (χ4v) is 2.54. The summed E-state index contributed by atoms with van der Waals surface area (Å²) in [5, 5.41) is 8.52. The van der Waals surface area contributed by atoms with Crippen LogP contribution in [0.3, 0.4) is 0 Å². The third-order valence-corrected chi connectivity index (χ3v) is 4.68. The summed E-state index contributed by atoms with van der Waals surface area (Å²) < 4.78 is 2.07. The average molecular weight is 286 g/mol. The summed E-state index contributed by atoms with van der Waals surface area (Å²) in [6.45, 7) is 4.50. The molecule has 1 aromatic rings. The van der Waals surface area contributed by atoms with Gasteiger partial charge in [0.15, 0.2) is 0 Å². The topological polar surface area (TPSA) is 30.7 Å². The second-order valence-corrected chi connectivity index (χ2v) is 6.02. The maximum atomic E-state index is 4.27. The zero-order valence-electron chi connectivity index (χ0n) is 10.1. The van der Waals surface area contributed by atoms with Crippen LogP contribution in [0.1, 0.15) is 62.5 Å². The van der Waals surface area contributed by atoms with E-state index < -0.39 is 0 Å². The maximum Gasteiger partial charge on any atom is 0.0963 e. The first-order chi connectivity index (χ1) is 7.70. The monoisotopic (exact) mass is 285 g/mol. The summed E-state index contributed by atoms with van der Waals surface area (Å²) in [4.78, 5) is 0.351. The third-order valence-electron chi connectivity index (χ3n) is 3.57. The summed E-state index contributed by atoms with van der Waals surface area (Å²) in [6, 6.07) is 0.578. The van der Waals surface area contributed by atoms with Crippen LogP contribution in [-0.4, -0.2) is 15.0 Å². The highest BCUT2D eigenvalue weighted by Gasteiger charge is 2.21. The minimum atomic E-state index is 0.351. The number of alkyl halides is 1. The Bertz CT molecular complexity index is 329. The number of aromatic nitrogens is 3. The Balaban J connectivity index is 2.01. The first kappa shape index (κ1) is 12.1. The average Bonchev–Trinajstić information content (AvgIpc) is 2.78. The van der Waals surface area contributed by atoms with Crippen molar-refractivity contribution < 1.29 is 0 Å². The predicted molar refractivity (Wildman–Crippen MR) is 68.7 cm³/mol. The van der Waals surface area contributed by atoms with E-state index in [0.717, 1.165) is 18.0 Å². The molecule has 1 saturated carbocycles. The van der Waals surface area contributed by atoms with Gasteiger partial charge in [0.05, 0.1) is 16.6 Å². The number of hydrogen-bond acceptors (Lipinski definition) is 2. The summed E-state index contributed by atoms with van der Waals surface area (Å²) >= 11 is 3.62. The third kappa shape index (κ3) is 2.65. The van der Waals surface area contributed by atoms with Gasteiger partial charge in [-0.3, -0.25) is 0 Å². The van der Waals surface area contributed by atoms with Gasteiger partial charge in [-0.15, -0.1) is 5.10 Å². The Kier molecular flexibility index (Phi) is 4.00. The molecule has 0 aromatic carbocycles. The fourth-order valence-electron chi connectivity index (χ4n) is 2.33. The Hall–Kier alpha value is -0.380. The molecule has 0 spiro atoms. The van der Waals surface area contributed by atoms with E-state index in [4.69, 9.17) is 0 Å². The highest BCUT2D eigenvalue weighted by molar-refractivity contribution is 9.09. The molecule has 0 amide bonds. The van der Waals surface area contributed by atoms with Crippen molar-refractivity contribution in [2.24, 2.45) is 5.92 Å². The van der Waals surface area contributed by atoms with Crippen LogP contribution in [0.15, 0.2) is 6.20 Å². The summed E-state index contributed by atoms with van der Waals surface area (Å²) in [5.74, 6) is 0.888.